The van der Waals surface area contributed by atoms with E-state index >= 15 is 0 Å². The fourth-order valence-corrected chi connectivity index (χ4v) is 0.789. The molecule has 1 aromatic rings. The molecule has 1 aromatic heterocycles. The fourth-order valence-electron chi connectivity index (χ4n) is 0.789. The molecule has 0 bridgehead atoms. The van der Waals surface area contributed by atoms with Crippen molar-refractivity contribution < 1.29 is 14.6 Å². The van der Waals surface area contributed by atoms with Gasteiger partial charge in [0.2, 0.25) is 5.88 Å². The van der Waals surface area contributed by atoms with Gasteiger partial charge in [-0.3, -0.25) is 9.78 Å². The fraction of sp³-hybridized carbons (Fsp3) is 0.286. The second kappa shape index (κ2) is 3.66. The minimum Gasteiger partial charge on any atom is -0.481 e. The van der Waals surface area contributed by atoms with E-state index in [1.165, 1.54) is 19.5 Å². The number of aliphatic carboxylic acids is 1. The van der Waals surface area contributed by atoms with E-state index in [-0.39, 0.29) is 12.3 Å². The predicted octanol–water partition coefficient (Wildman–Crippen LogP) is 0.112. The van der Waals surface area contributed by atoms with Gasteiger partial charge in [0.15, 0.2) is 0 Å². The highest BCUT2D eigenvalue weighted by Gasteiger charge is 2.08. The lowest BCUT2D eigenvalue weighted by Crippen LogP contribution is -2.05. The van der Waals surface area contributed by atoms with Crippen molar-refractivity contribution in [3.63, 3.8) is 0 Å². The van der Waals surface area contributed by atoms with Gasteiger partial charge in [-0.15, -0.1) is 0 Å². The highest BCUT2D eigenvalue weighted by Crippen LogP contribution is 2.10. The van der Waals surface area contributed by atoms with Crippen LogP contribution in [0.5, 0.6) is 5.88 Å². The van der Waals surface area contributed by atoms with Crippen LogP contribution in [0, 0.1) is 0 Å². The molecule has 0 amide bonds. The number of hydrogen-bond donors (Lipinski definition) is 1. The molecule has 1 rings (SSSR count). The number of hydrogen-bond acceptors (Lipinski definition) is 4. The Bertz CT molecular complexity index is 288. The summed E-state index contributed by atoms with van der Waals surface area (Å²) in [5.74, 6) is -0.686. The highest BCUT2D eigenvalue weighted by molar-refractivity contribution is 5.70. The molecule has 0 saturated heterocycles. The Balaban J connectivity index is 2.89. The first-order chi connectivity index (χ1) is 5.74. The lowest BCUT2D eigenvalue weighted by atomic mass is 10.3. The van der Waals surface area contributed by atoms with Crippen LogP contribution in [0.1, 0.15) is 5.69 Å². The summed E-state index contributed by atoms with van der Waals surface area (Å²) in [5.41, 5.74) is 0.340. The summed E-state index contributed by atoms with van der Waals surface area (Å²) in [6.45, 7) is 0. The van der Waals surface area contributed by atoms with Crippen molar-refractivity contribution in [2.75, 3.05) is 7.11 Å². The first-order valence-corrected chi connectivity index (χ1v) is 3.29. The summed E-state index contributed by atoms with van der Waals surface area (Å²) in [5, 5.41) is 8.46. The van der Waals surface area contributed by atoms with E-state index < -0.39 is 5.97 Å². The quantitative estimate of drug-likeness (QED) is 0.693. The third-order valence-corrected chi connectivity index (χ3v) is 1.25. The molecule has 5 heteroatoms. The van der Waals surface area contributed by atoms with Crippen molar-refractivity contribution in [2.45, 2.75) is 6.42 Å². The zero-order valence-electron chi connectivity index (χ0n) is 6.52. The lowest BCUT2D eigenvalue weighted by Gasteiger charge is -2.01. The summed E-state index contributed by atoms with van der Waals surface area (Å²) in [7, 11) is 1.43. The normalized spacial score (nSPS) is 9.42. The van der Waals surface area contributed by atoms with Gasteiger partial charge in [-0.2, -0.15) is 0 Å². The SMILES string of the molecule is COc1nccnc1CC(=O)O. The minimum atomic E-state index is -0.950. The van der Waals surface area contributed by atoms with Gasteiger partial charge in [-0.1, -0.05) is 0 Å². The number of carbonyl (C=O) groups is 1. The van der Waals surface area contributed by atoms with Gasteiger partial charge in [0.05, 0.1) is 13.5 Å². The molecule has 0 saturated carbocycles. The Morgan fingerprint density at radius 1 is 1.58 bits per heavy atom. The molecular formula is C7H8N2O3. The van der Waals surface area contributed by atoms with Crippen molar-refractivity contribution in [1.29, 1.82) is 0 Å². The van der Waals surface area contributed by atoms with Gasteiger partial charge in [-0.05, 0) is 0 Å². The first kappa shape index (κ1) is 8.45. The van der Waals surface area contributed by atoms with Gasteiger partial charge in [0.1, 0.15) is 5.69 Å². The maximum atomic E-state index is 10.3. The Morgan fingerprint density at radius 3 is 2.83 bits per heavy atom. The second-order valence-corrected chi connectivity index (χ2v) is 2.08. The zero-order chi connectivity index (χ0) is 8.97. The standard InChI is InChI=1S/C7H8N2O3/c1-12-7-5(4-6(10)11)8-2-3-9-7/h2-3H,4H2,1H3,(H,10,11). The number of nitrogens with zero attached hydrogens (tertiary/aromatic N) is 2. The van der Waals surface area contributed by atoms with E-state index in [0.717, 1.165) is 0 Å². The molecule has 0 aromatic carbocycles. The van der Waals surface area contributed by atoms with E-state index in [4.69, 9.17) is 9.84 Å². The average molecular weight is 168 g/mol. The van der Waals surface area contributed by atoms with Gasteiger partial charge >= 0.3 is 5.97 Å². The molecule has 5 nitrogen and oxygen atoms in total. The number of ether oxygens (including phenoxy) is 1. The minimum absolute atomic E-state index is 0.170. The molecule has 0 atom stereocenters. The van der Waals surface area contributed by atoms with Crippen LogP contribution in [0.4, 0.5) is 0 Å². The molecular weight excluding hydrogens is 160 g/mol. The van der Waals surface area contributed by atoms with Crippen molar-refractivity contribution in [3.05, 3.63) is 18.1 Å². The molecule has 0 aliphatic carbocycles. The summed E-state index contributed by atoms with van der Waals surface area (Å²) < 4.78 is 4.81. The molecule has 0 spiro atoms. The molecule has 1 heterocycles. The Hall–Kier alpha value is -1.65. The van der Waals surface area contributed by atoms with Crippen molar-refractivity contribution in [1.82, 2.24) is 9.97 Å². The highest BCUT2D eigenvalue weighted by atomic mass is 16.5. The molecule has 12 heavy (non-hydrogen) atoms. The Kier molecular flexibility index (Phi) is 2.57. The maximum absolute atomic E-state index is 10.3. The van der Waals surface area contributed by atoms with E-state index in [0.29, 0.717) is 5.69 Å². The molecule has 0 fully saturated rings. The molecule has 0 aliphatic rings. The van der Waals surface area contributed by atoms with E-state index in [9.17, 15) is 4.79 Å². The molecule has 64 valence electrons. The first-order valence-electron chi connectivity index (χ1n) is 3.29. The van der Waals surface area contributed by atoms with E-state index in [1.54, 1.807) is 0 Å². The maximum Gasteiger partial charge on any atom is 0.309 e. The molecule has 1 N–H and O–H groups in total. The van der Waals surface area contributed by atoms with Crippen LogP contribution in [0.15, 0.2) is 12.4 Å². The summed E-state index contributed by atoms with van der Waals surface area (Å²) >= 11 is 0. The van der Waals surface area contributed by atoms with E-state index in [1.807, 2.05) is 0 Å². The third-order valence-electron chi connectivity index (χ3n) is 1.25. The van der Waals surface area contributed by atoms with Gasteiger partial charge in [-0.25, -0.2) is 4.98 Å². The van der Waals surface area contributed by atoms with Crippen LogP contribution in [0.3, 0.4) is 0 Å². The van der Waals surface area contributed by atoms with Crippen molar-refractivity contribution >= 4 is 5.97 Å². The lowest BCUT2D eigenvalue weighted by molar-refractivity contribution is -0.136. The summed E-state index contributed by atoms with van der Waals surface area (Å²) in [6.07, 6.45) is 2.71. The smallest absolute Gasteiger partial charge is 0.309 e. The van der Waals surface area contributed by atoms with Crippen molar-refractivity contribution in [2.24, 2.45) is 0 Å². The number of rotatable bonds is 3. The van der Waals surface area contributed by atoms with Gasteiger partial charge in [0.25, 0.3) is 0 Å². The second-order valence-electron chi connectivity index (χ2n) is 2.08. The largest absolute Gasteiger partial charge is 0.481 e. The number of methoxy groups -OCH3 is 1. The van der Waals surface area contributed by atoms with Crippen LogP contribution >= 0.6 is 0 Å². The van der Waals surface area contributed by atoms with Gasteiger partial charge in [0, 0.05) is 12.4 Å². The Morgan fingerprint density at radius 2 is 2.25 bits per heavy atom. The summed E-state index contributed by atoms with van der Waals surface area (Å²) in [6, 6.07) is 0. The van der Waals surface area contributed by atoms with Crippen LogP contribution in [-0.4, -0.2) is 28.2 Å². The predicted molar refractivity (Wildman–Crippen MR) is 39.9 cm³/mol. The van der Waals surface area contributed by atoms with Crippen molar-refractivity contribution in [3.8, 4) is 5.88 Å². The van der Waals surface area contributed by atoms with Gasteiger partial charge < -0.3 is 9.84 Å². The zero-order valence-corrected chi connectivity index (χ0v) is 6.52. The van der Waals surface area contributed by atoms with Crippen LogP contribution in [-0.2, 0) is 11.2 Å². The average Bonchev–Trinajstić information content (AvgIpc) is 2.04. The summed E-state index contributed by atoms with van der Waals surface area (Å²) in [4.78, 5) is 17.9. The molecule has 0 unspecified atom stereocenters. The number of carboxylic acids is 1. The van der Waals surface area contributed by atoms with Crippen LogP contribution in [0.25, 0.3) is 0 Å². The molecule has 0 radical (unpaired) electrons. The number of carboxylic acid groups (broad SMARTS) is 1. The Labute approximate surface area is 69.0 Å². The molecule has 0 aliphatic heterocycles. The van der Waals surface area contributed by atoms with Crippen LogP contribution in [0.2, 0.25) is 0 Å². The monoisotopic (exact) mass is 168 g/mol. The van der Waals surface area contributed by atoms with Crippen LogP contribution < -0.4 is 4.74 Å². The van der Waals surface area contributed by atoms with E-state index in [2.05, 4.69) is 9.97 Å². The topological polar surface area (TPSA) is 72.3 Å². The third kappa shape index (κ3) is 1.91. The number of aromatic nitrogens is 2.